The van der Waals surface area contributed by atoms with Gasteiger partial charge in [-0.15, -0.1) is 0 Å². The van der Waals surface area contributed by atoms with Crippen molar-refractivity contribution in [3.63, 3.8) is 0 Å². The molecule has 0 spiro atoms. The highest BCUT2D eigenvalue weighted by atomic mass is 16.5. The lowest BCUT2D eigenvalue weighted by atomic mass is 9.93. The quantitative estimate of drug-likeness (QED) is 0.806. The van der Waals surface area contributed by atoms with E-state index < -0.39 is 0 Å². The fraction of sp³-hybridized carbons (Fsp3) is 0.929. The van der Waals surface area contributed by atoms with Crippen LogP contribution in [0.15, 0.2) is 0 Å². The summed E-state index contributed by atoms with van der Waals surface area (Å²) >= 11 is 0. The van der Waals surface area contributed by atoms with Gasteiger partial charge < -0.3 is 15.0 Å². The van der Waals surface area contributed by atoms with Crippen molar-refractivity contribution in [2.24, 2.45) is 5.92 Å². The largest absolute Gasteiger partial charge is 0.378 e. The van der Waals surface area contributed by atoms with Crippen LogP contribution in [0.1, 0.15) is 38.5 Å². The first-order chi connectivity index (χ1) is 8.79. The summed E-state index contributed by atoms with van der Waals surface area (Å²) < 4.78 is 5.53. The lowest BCUT2D eigenvalue weighted by molar-refractivity contribution is -0.134. The van der Waals surface area contributed by atoms with Gasteiger partial charge in [-0.25, -0.2) is 0 Å². The third-order valence-corrected chi connectivity index (χ3v) is 4.20. The molecular weight excluding hydrogens is 228 g/mol. The van der Waals surface area contributed by atoms with Crippen LogP contribution < -0.4 is 5.32 Å². The number of nitrogens with one attached hydrogen (secondary N) is 1. The summed E-state index contributed by atoms with van der Waals surface area (Å²) in [4.78, 5) is 14.1. The molecule has 0 aliphatic carbocycles. The molecule has 1 unspecified atom stereocenters. The SMILES string of the molecule is CNCCC1CCN(C(=O)CC2CCCO2)CC1. The molecule has 0 bridgehead atoms. The third-order valence-electron chi connectivity index (χ3n) is 4.20. The Kier molecular flexibility index (Phi) is 5.45. The highest BCUT2D eigenvalue weighted by Gasteiger charge is 2.26. The Hall–Kier alpha value is -0.610. The second kappa shape index (κ2) is 7.10. The van der Waals surface area contributed by atoms with Crippen LogP contribution >= 0.6 is 0 Å². The molecule has 0 aromatic carbocycles. The average molecular weight is 254 g/mol. The Balaban J connectivity index is 1.66. The second-order valence-electron chi connectivity index (χ2n) is 5.56. The van der Waals surface area contributed by atoms with Gasteiger partial charge >= 0.3 is 0 Å². The van der Waals surface area contributed by atoms with Gasteiger partial charge in [-0.2, -0.15) is 0 Å². The molecule has 2 fully saturated rings. The van der Waals surface area contributed by atoms with Gasteiger partial charge in [-0.1, -0.05) is 0 Å². The number of carbonyl (C=O) groups is 1. The fourth-order valence-corrected chi connectivity index (χ4v) is 2.95. The zero-order valence-electron chi connectivity index (χ0n) is 11.5. The van der Waals surface area contributed by atoms with Crippen molar-refractivity contribution in [3.8, 4) is 0 Å². The van der Waals surface area contributed by atoms with Gasteiger partial charge in [0.15, 0.2) is 0 Å². The van der Waals surface area contributed by atoms with Crippen LogP contribution in [0.3, 0.4) is 0 Å². The minimum Gasteiger partial charge on any atom is -0.378 e. The summed E-state index contributed by atoms with van der Waals surface area (Å²) in [5, 5.41) is 3.20. The average Bonchev–Trinajstić information content (AvgIpc) is 2.89. The maximum atomic E-state index is 12.1. The molecule has 1 N–H and O–H groups in total. The Bertz CT molecular complexity index is 257. The first kappa shape index (κ1) is 13.8. The zero-order valence-corrected chi connectivity index (χ0v) is 11.5. The van der Waals surface area contributed by atoms with Crippen molar-refractivity contribution in [3.05, 3.63) is 0 Å². The summed E-state index contributed by atoms with van der Waals surface area (Å²) in [6.45, 7) is 3.82. The standard InChI is InChI=1S/C14H26N2O2/c1-15-7-4-12-5-8-16(9-6-12)14(17)11-13-3-2-10-18-13/h12-13,15H,2-11H2,1H3. The maximum Gasteiger partial charge on any atom is 0.225 e. The summed E-state index contributed by atoms with van der Waals surface area (Å²) in [6, 6.07) is 0. The van der Waals surface area contributed by atoms with E-state index in [4.69, 9.17) is 4.74 Å². The number of nitrogens with zero attached hydrogens (tertiary/aromatic N) is 1. The topological polar surface area (TPSA) is 41.6 Å². The van der Waals surface area contributed by atoms with Crippen LogP contribution in [0.25, 0.3) is 0 Å². The van der Waals surface area contributed by atoms with E-state index in [-0.39, 0.29) is 6.10 Å². The summed E-state index contributed by atoms with van der Waals surface area (Å²) in [7, 11) is 2.00. The number of amides is 1. The molecule has 2 saturated heterocycles. The molecule has 0 aromatic rings. The van der Waals surface area contributed by atoms with E-state index in [0.29, 0.717) is 12.3 Å². The third kappa shape index (κ3) is 3.95. The fourth-order valence-electron chi connectivity index (χ4n) is 2.95. The molecule has 4 nitrogen and oxygen atoms in total. The van der Waals surface area contributed by atoms with Gasteiger partial charge in [0.2, 0.25) is 5.91 Å². The molecule has 0 saturated carbocycles. The Labute approximate surface area is 110 Å². The Morgan fingerprint density at radius 1 is 1.33 bits per heavy atom. The normalized spacial score (nSPS) is 25.6. The Morgan fingerprint density at radius 3 is 2.72 bits per heavy atom. The molecule has 18 heavy (non-hydrogen) atoms. The molecule has 1 amide bonds. The highest BCUT2D eigenvalue weighted by Crippen LogP contribution is 2.22. The number of ether oxygens (including phenoxy) is 1. The van der Waals surface area contributed by atoms with Crippen molar-refractivity contribution >= 4 is 5.91 Å². The lowest BCUT2D eigenvalue weighted by Crippen LogP contribution is -2.40. The molecule has 0 radical (unpaired) electrons. The highest BCUT2D eigenvalue weighted by molar-refractivity contribution is 5.76. The number of rotatable bonds is 5. The predicted octanol–water partition coefficient (Wildman–Crippen LogP) is 1.40. The molecule has 2 heterocycles. The van der Waals surface area contributed by atoms with Gasteiger partial charge in [0.25, 0.3) is 0 Å². The van der Waals surface area contributed by atoms with Crippen molar-refractivity contribution in [1.82, 2.24) is 10.2 Å². The van der Waals surface area contributed by atoms with E-state index in [9.17, 15) is 4.79 Å². The molecule has 0 aromatic heterocycles. The van der Waals surface area contributed by atoms with Crippen LogP contribution in [0.5, 0.6) is 0 Å². The molecule has 2 aliphatic heterocycles. The zero-order chi connectivity index (χ0) is 12.8. The van der Waals surface area contributed by atoms with Gasteiger partial charge in [0.1, 0.15) is 0 Å². The first-order valence-electron chi connectivity index (χ1n) is 7.33. The van der Waals surface area contributed by atoms with E-state index >= 15 is 0 Å². The van der Waals surface area contributed by atoms with Crippen LogP contribution in [0.2, 0.25) is 0 Å². The summed E-state index contributed by atoms with van der Waals surface area (Å²) in [5.41, 5.74) is 0. The molecule has 2 rings (SSSR count). The molecule has 4 heteroatoms. The molecule has 1 atom stereocenters. The number of carbonyl (C=O) groups excluding carboxylic acids is 1. The van der Waals surface area contributed by atoms with Gasteiger partial charge in [0, 0.05) is 19.7 Å². The van der Waals surface area contributed by atoms with Crippen LogP contribution in [0, 0.1) is 5.92 Å². The Morgan fingerprint density at radius 2 is 2.11 bits per heavy atom. The number of likely N-dealkylation sites (tertiary alicyclic amines) is 1. The molecular formula is C14H26N2O2. The van der Waals surface area contributed by atoms with E-state index in [1.165, 1.54) is 19.3 Å². The minimum atomic E-state index is 0.194. The number of piperidine rings is 1. The van der Waals surface area contributed by atoms with Gasteiger partial charge in [0.05, 0.1) is 12.5 Å². The maximum absolute atomic E-state index is 12.1. The van der Waals surface area contributed by atoms with Gasteiger partial charge in [-0.05, 0) is 51.6 Å². The van der Waals surface area contributed by atoms with Crippen molar-refractivity contribution in [1.29, 1.82) is 0 Å². The lowest BCUT2D eigenvalue weighted by Gasteiger charge is -2.32. The van der Waals surface area contributed by atoms with Crippen molar-refractivity contribution < 1.29 is 9.53 Å². The van der Waals surface area contributed by atoms with Crippen molar-refractivity contribution in [2.75, 3.05) is 33.3 Å². The first-order valence-corrected chi connectivity index (χ1v) is 7.33. The summed E-state index contributed by atoms with van der Waals surface area (Å²) in [5.74, 6) is 1.10. The predicted molar refractivity (Wildman–Crippen MR) is 71.4 cm³/mol. The van der Waals surface area contributed by atoms with Crippen LogP contribution in [-0.4, -0.2) is 50.2 Å². The molecule has 104 valence electrons. The smallest absolute Gasteiger partial charge is 0.225 e. The number of hydrogen-bond donors (Lipinski definition) is 1. The molecule has 2 aliphatic rings. The summed E-state index contributed by atoms with van der Waals surface area (Å²) in [6.07, 6.45) is 6.54. The van der Waals surface area contributed by atoms with E-state index in [1.54, 1.807) is 0 Å². The van der Waals surface area contributed by atoms with E-state index in [1.807, 2.05) is 11.9 Å². The van der Waals surface area contributed by atoms with E-state index in [2.05, 4.69) is 5.32 Å². The van der Waals surface area contributed by atoms with Crippen LogP contribution in [-0.2, 0) is 9.53 Å². The van der Waals surface area contributed by atoms with Crippen molar-refractivity contribution in [2.45, 2.75) is 44.6 Å². The second-order valence-corrected chi connectivity index (χ2v) is 5.56. The van der Waals surface area contributed by atoms with E-state index in [0.717, 1.165) is 45.0 Å². The van der Waals surface area contributed by atoms with Gasteiger partial charge in [-0.3, -0.25) is 4.79 Å². The number of hydrogen-bond acceptors (Lipinski definition) is 3. The van der Waals surface area contributed by atoms with Crippen LogP contribution in [0.4, 0.5) is 0 Å². The monoisotopic (exact) mass is 254 g/mol. The minimum absolute atomic E-state index is 0.194.